The Morgan fingerprint density at radius 2 is 0.847 bits per heavy atom. The number of nitrogens with zero attached hydrogens (tertiary/aromatic N) is 1. The lowest BCUT2D eigenvalue weighted by atomic mass is 10.0. The van der Waals surface area contributed by atoms with E-state index in [0.29, 0.717) is 12.8 Å². The molecule has 0 fully saturated rings. The minimum atomic E-state index is -1.12. The highest BCUT2D eigenvalue weighted by Crippen LogP contribution is 2.16. The van der Waals surface area contributed by atoms with Gasteiger partial charge in [-0.1, -0.05) is 199 Å². The minimum Gasteiger partial charge on any atom is -0.544 e. The lowest BCUT2D eigenvalue weighted by Crippen LogP contribution is -2.55. The topological polar surface area (TPSA) is 102 Å². The molecule has 0 saturated carbocycles. The van der Waals surface area contributed by atoms with Gasteiger partial charge in [-0.3, -0.25) is 9.59 Å². The van der Waals surface area contributed by atoms with E-state index in [1.165, 1.54) is 173 Å². The summed E-state index contributed by atoms with van der Waals surface area (Å²) in [6.45, 7) is 4.70. The molecule has 8 heteroatoms. The van der Waals surface area contributed by atoms with Crippen molar-refractivity contribution in [2.75, 3.05) is 41.0 Å². The monoisotopic (exact) mass is 836 g/mol. The van der Waals surface area contributed by atoms with Crippen LogP contribution in [0.5, 0.6) is 0 Å². The molecule has 59 heavy (non-hydrogen) atoms. The second kappa shape index (κ2) is 42.7. The van der Waals surface area contributed by atoms with Gasteiger partial charge in [-0.2, -0.15) is 0 Å². The molecule has 0 radical (unpaired) electrons. The van der Waals surface area contributed by atoms with E-state index < -0.39 is 18.1 Å². The molecule has 0 heterocycles. The maximum Gasteiger partial charge on any atom is 0.306 e. The van der Waals surface area contributed by atoms with Crippen molar-refractivity contribution in [3.05, 3.63) is 12.2 Å². The van der Waals surface area contributed by atoms with Gasteiger partial charge in [0.05, 0.1) is 40.3 Å². The molecular formula is C51H97NO7. The van der Waals surface area contributed by atoms with Crippen LogP contribution in [-0.2, 0) is 28.6 Å². The van der Waals surface area contributed by atoms with Crippen LogP contribution in [0.25, 0.3) is 0 Å². The molecule has 2 unspecified atom stereocenters. The third kappa shape index (κ3) is 41.2. The van der Waals surface area contributed by atoms with Gasteiger partial charge in [0.2, 0.25) is 0 Å². The first-order chi connectivity index (χ1) is 28.6. The zero-order chi connectivity index (χ0) is 43.5. The molecule has 0 aromatic rings. The number of likely N-dealkylation sites (N-methyl/N-ethyl adjacent to an activating group) is 1. The van der Waals surface area contributed by atoms with Crippen LogP contribution in [0.4, 0.5) is 0 Å². The van der Waals surface area contributed by atoms with E-state index >= 15 is 0 Å². The molecule has 0 aliphatic carbocycles. The van der Waals surface area contributed by atoms with E-state index in [1.807, 2.05) is 21.1 Å². The highest BCUT2D eigenvalue weighted by molar-refractivity contribution is 5.70. The highest BCUT2D eigenvalue weighted by Gasteiger charge is 2.25. The van der Waals surface area contributed by atoms with Gasteiger partial charge in [0.15, 0.2) is 6.10 Å². The summed E-state index contributed by atoms with van der Waals surface area (Å²) in [5, 5.41) is 11.6. The van der Waals surface area contributed by atoms with E-state index in [2.05, 4.69) is 26.0 Å². The number of esters is 2. The Kier molecular flexibility index (Phi) is 41.3. The number of hydrogen-bond acceptors (Lipinski definition) is 7. The Labute approximate surface area is 365 Å². The molecule has 2 atom stereocenters. The smallest absolute Gasteiger partial charge is 0.306 e. The van der Waals surface area contributed by atoms with Gasteiger partial charge in [-0.15, -0.1) is 0 Å². The average molecular weight is 836 g/mol. The molecule has 0 spiro atoms. The van der Waals surface area contributed by atoms with Gasteiger partial charge in [0, 0.05) is 19.3 Å². The highest BCUT2D eigenvalue weighted by atomic mass is 16.6. The van der Waals surface area contributed by atoms with Crippen LogP contribution in [-0.4, -0.2) is 75.5 Å². The van der Waals surface area contributed by atoms with Gasteiger partial charge < -0.3 is 28.6 Å². The van der Waals surface area contributed by atoms with E-state index in [4.69, 9.17) is 14.2 Å². The summed E-state index contributed by atoms with van der Waals surface area (Å²) < 4.78 is 17.2. The first-order valence-electron chi connectivity index (χ1n) is 25.2. The van der Waals surface area contributed by atoms with Gasteiger partial charge >= 0.3 is 11.9 Å². The number of unbranched alkanes of at least 4 members (excludes halogenated alkanes) is 30. The Morgan fingerprint density at radius 1 is 0.492 bits per heavy atom. The van der Waals surface area contributed by atoms with Crippen molar-refractivity contribution in [2.24, 2.45) is 0 Å². The molecule has 0 aromatic carbocycles. The van der Waals surface area contributed by atoms with Crippen LogP contribution in [0, 0.1) is 0 Å². The molecular weight excluding hydrogens is 739 g/mol. The van der Waals surface area contributed by atoms with Crippen LogP contribution < -0.4 is 5.11 Å². The van der Waals surface area contributed by atoms with Crippen LogP contribution in [0.2, 0.25) is 0 Å². The molecule has 0 aliphatic rings. The Hall–Kier alpha value is -1.93. The first kappa shape index (κ1) is 57.1. The van der Waals surface area contributed by atoms with E-state index in [0.717, 1.165) is 38.5 Å². The summed E-state index contributed by atoms with van der Waals surface area (Å²) in [4.78, 5) is 37.0. The van der Waals surface area contributed by atoms with Gasteiger partial charge in [0.25, 0.3) is 0 Å². The van der Waals surface area contributed by atoms with Crippen LogP contribution >= 0.6 is 0 Å². The largest absolute Gasteiger partial charge is 0.544 e. The zero-order valence-corrected chi connectivity index (χ0v) is 39.7. The van der Waals surface area contributed by atoms with E-state index in [-0.39, 0.29) is 42.7 Å². The maximum absolute atomic E-state index is 12.8. The number of aliphatic carboxylic acids is 1. The van der Waals surface area contributed by atoms with Crippen LogP contribution in [0.15, 0.2) is 12.2 Å². The number of allylic oxidation sites excluding steroid dienone is 2. The fraction of sp³-hybridized carbons (Fsp3) is 0.902. The number of hydrogen-bond donors (Lipinski definition) is 0. The average Bonchev–Trinajstić information content (AvgIpc) is 3.19. The number of carbonyl (C=O) groups is 3. The Morgan fingerprint density at radius 3 is 1.22 bits per heavy atom. The number of quaternary nitrogens is 1. The van der Waals surface area contributed by atoms with Crippen LogP contribution in [0.3, 0.4) is 0 Å². The first-order valence-corrected chi connectivity index (χ1v) is 25.2. The van der Waals surface area contributed by atoms with Crippen molar-refractivity contribution >= 4 is 17.9 Å². The Bertz CT molecular complexity index is 978. The quantitative estimate of drug-likeness (QED) is 0.0260. The van der Waals surface area contributed by atoms with Crippen molar-refractivity contribution in [1.29, 1.82) is 0 Å². The van der Waals surface area contributed by atoms with Gasteiger partial charge in [-0.05, 0) is 38.5 Å². The second-order valence-corrected chi connectivity index (χ2v) is 18.4. The predicted molar refractivity (Wildman–Crippen MR) is 245 cm³/mol. The molecule has 348 valence electrons. The second-order valence-electron chi connectivity index (χ2n) is 18.4. The van der Waals surface area contributed by atoms with Crippen molar-refractivity contribution in [3.63, 3.8) is 0 Å². The molecule has 0 rings (SSSR count). The van der Waals surface area contributed by atoms with Gasteiger partial charge in [-0.25, -0.2) is 0 Å². The predicted octanol–water partition coefficient (Wildman–Crippen LogP) is 12.9. The summed E-state index contributed by atoms with van der Waals surface area (Å²) in [7, 11) is 5.42. The summed E-state index contributed by atoms with van der Waals surface area (Å²) in [5.41, 5.74) is 0. The van der Waals surface area contributed by atoms with E-state index in [1.54, 1.807) is 0 Å². The molecule has 0 N–H and O–H groups in total. The summed E-state index contributed by atoms with van der Waals surface area (Å²) in [5.74, 6) is -1.72. The standard InChI is InChI=1S/C51H97NO7/c1-6-8-10-12-14-16-18-20-22-24-26-27-29-31-33-35-37-39-41-49(53)58-46-47(45-57-44-43-48(51(55)56)52(3,4)5)59-50(54)42-40-38-36-34-32-30-28-25-23-21-19-17-15-13-11-9-7-2/h21,23,47-48H,6-20,22,24-46H2,1-5H3/b23-21+. The lowest BCUT2D eigenvalue weighted by molar-refractivity contribution is -0.889. The number of carbonyl (C=O) groups excluding carboxylic acids is 3. The van der Waals surface area contributed by atoms with Crippen molar-refractivity contribution < 1.29 is 38.2 Å². The lowest BCUT2D eigenvalue weighted by Gasteiger charge is -2.34. The van der Waals surface area contributed by atoms with Crippen molar-refractivity contribution in [3.8, 4) is 0 Å². The normalized spacial score (nSPS) is 12.9. The molecule has 0 saturated heterocycles. The Balaban J connectivity index is 4.23. The number of rotatable bonds is 46. The van der Waals surface area contributed by atoms with Crippen LogP contribution in [0.1, 0.15) is 245 Å². The fourth-order valence-corrected chi connectivity index (χ4v) is 7.71. The third-order valence-corrected chi connectivity index (χ3v) is 11.7. The molecule has 0 amide bonds. The van der Waals surface area contributed by atoms with Gasteiger partial charge in [0.1, 0.15) is 12.6 Å². The van der Waals surface area contributed by atoms with E-state index in [9.17, 15) is 19.5 Å². The number of carboxylic acid groups (broad SMARTS) is 1. The zero-order valence-electron chi connectivity index (χ0n) is 39.7. The summed E-state index contributed by atoms with van der Waals surface area (Å²) in [6, 6.07) is -0.722. The SMILES string of the molecule is CCCCCCCC/C=C/CCCCCCCCCC(=O)OC(COCCC(C(=O)[O-])[N+](C)(C)C)COC(=O)CCCCCCCCCCCCCCCCCCCC. The third-order valence-electron chi connectivity index (χ3n) is 11.7. The summed E-state index contributed by atoms with van der Waals surface area (Å²) >= 11 is 0. The van der Waals surface area contributed by atoms with Crippen molar-refractivity contribution in [1.82, 2.24) is 0 Å². The summed E-state index contributed by atoms with van der Waals surface area (Å²) in [6.07, 6.45) is 46.6. The number of ether oxygens (including phenoxy) is 3. The fourth-order valence-electron chi connectivity index (χ4n) is 7.71. The molecule has 8 nitrogen and oxygen atoms in total. The maximum atomic E-state index is 12.8. The molecule has 0 aliphatic heterocycles. The van der Waals surface area contributed by atoms with Crippen molar-refractivity contribution in [2.45, 2.75) is 257 Å². The number of carboxylic acids is 1. The molecule has 0 bridgehead atoms. The molecule has 0 aromatic heterocycles. The minimum absolute atomic E-state index is 0.0450.